The van der Waals surface area contributed by atoms with E-state index in [-0.39, 0.29) is 17.7 Å². The maximum Gasteiger partial charge on any atom is 0.249 e. The normalized spacial score (nSPS) is 12.1. The molecule has 3 aromatic rings. The number of rotatable bonds is 7. The van der Waals surface area contributed by atoms with Crippen LogP contribution in [0.2, 0.25) is 0 Å². The number of nitrogens with zero attached hydrogens (tertiary/aromatic N) is 2. The zero-order valence-electron chi connectivity index (χ0n) is 17.1. The summed E-state index contributed by atoms with van der Waals surface area (Å²) in [6, 6.07) is 16.8. The molecule has 0 aliphatic rings. The minimum Gasteiger partial charge on any atom is -0.340 e. The van der Waals surface area contributed by atoms with Crippen molar-refractivity contribution in [3.63, 3.8) is 0 Å². The lowest BCUT2D eigenvalue weighted by Crippen LogP contribution is -2.46. The van der Waals surface area contributed by atoms with Crippen molar-refractivity contribution in [3.05, 3.63) is 71.8 Å². The van der Waals surface area contributed by atoms with Crippen molar-refractivity contribution >= 4 is 34.4 Å². The lowest BCUT2D eigenvalue weighted by molar-refractivity contribution is -0.124. The molecule has 1 unspecified atom stereocenters. The molecular weight excluding hydrogens is 396 g/mol. The Balaban J connectivity index is 1.63. The molecule has 2 aromatic carbocycles. The molecule has 0 radical (unpaired) electrons. The molecule has 0 saturated heterocycles. The van der Waals surface area contributed by atoms with E-state index >= 15 is 0 Å². The van der Waals surface area contributed by atoms with E-state index in [1.165, 1.54) is 17.4 Å². The van der Waals surface area contributed by atoms with Crippen LogP contribution in [0.4, 0.5) is 5.13 Å². The number of nitrogens with one attached hydrogen (secondary N) is 2. The molecule has 2 amide bonds. The minimum atomic E-state index is -0.690. The van der Waals surface area contributed by atoms with E-state index in [9.17, 15) is 9.59 Å². The van der Waals surface area contributed by atoms with Crippen molar-refractivity contribution in [1.82, 2.24) is 15.5 Å². The summed E-state index contributed by atoms with van der Waals surface area (Å²) in [4.78, 5) is 25.0. The maximum atomic E-state index is 12.7. The van der Waals surface area contributed by atoms with Gasteiger partial charge in [0.15, 0.2) is 0 Å². The number of aromatic nitrogens is 2. The predicted molar refractivity (Wildman–Crippen MR) is 121 cm³/mol. The molecule has 0 aliphatic heterocycles. The van der Waals surface area contributed by atoms with Gasteiger partial charge in [-0.05, 0) is 24.5 Å². The molecule has 1 atom stereocenters. The zero-order valence-corrected chi connectivity index (χ0v) is 17.9. The van der Waals surface area contributed by atoms with Crippen LogP contribution in [0.25, 0.3) is 16.6 Å². The molecule has 3 rings (SSSR count). The average molecular weight is 421 g/mol. The highest BCUT2D eigenvalue weighted by Gasteiger charge is 2.24. The highest BCUT2D eigenvalue weighted by molar-refractivity contribution is 7.18. The van der Waals surface area contributed by atoms with Crippen LogP contribution in [0.1, 0.15) is 25.0 Å². The zero-order chi connectivity index (χ0) is 21.5. The molecule has 0 aliphatic carbocycles. The minimum absolute atomic E-state index is 0.0939. The van der Waals surface area contributed by atoms with Gasteiger partial charge in [0.2, 0.25) is 16.9 Å². The summed E-state index contributed by atoms with van der Waals surface area (Å²) < 4.78 is 0. The number of amides is 2. The Morgan fingerprint density at radius 2 is 1.70 bits per heavy atom. The Morgan fingerprint density at radius 1 is 1.00 bits per heavy atom. The Bertz CT molecular complexity index is 1030. The molecule has 6 nitrogen and oxygen atoms in total. The van der Waals surface area contributed by atoms with E-state index in [4.69, 9.17) is 0 Å². The van der Waals surface area contributed by atoms with Crippen molar-refractivity contribution < 1.29 is 9.59 Å². The predicted octanol–water partition coefficient (Wildman–Crippen LogP) is 4.31. The van der Waals surface area contributed by atoms with Crippen LogP contribution < -0.4 is 10.6 Å². The third-order valence-electron chi connectivity index (χ3n) is 4.43. The summed E-state index contributed by atoms with van der Waals surface area (Å²) in [5.74, 6) is -0.744. The molecule has 0 saturated carbocycles. The van der Waals surface area contributed by atoms with Crippen LogP contribution in [-0.4, -0.2) is 28.1 Å². The molecule has 2 N–H and O–H groups in total. The molecule has 1 aromatic heterocycles. The number of carbonyl (C=O) groups is 2. The smallest absolute Gasteiger partial charge is 0.249 e. The van der Waals surface area contributed by atoms with Crippen molar-refractivity contribution in [1.29, 1.82) is 0 Å². The van der Waals surface area contributed by atoms with E-state index < -0.39 is 6.04 Å². The van der Waals surface area contributed by atoms with Gasteiger partial charge >= 0.3 is 0 Å². The van der Waals surface area contributed by atoms with Gasteiger partial charge in [0.1, 0.15) is 11.0 Å². The fourth-order valence-corrected chi connectivity index (χ4v) is 3.49. The third-order valence-corrected chi connectivity index (χ3v) is 5.32. The molecule has 7 heteroatoms. The first-order valence-electron chi connectivity index (χ1n) is 9.67. The first kappa shape index (κ1) is 21.4. The summed E-state index contributed by atoms with van der Waals surface area (Å²) in [5, 5.41) is 14.9. The van der Waals surface area contributed by atoms with Crippen LogP contribution >= 0.6 is 11.3 Å². The molecule has 1 heterocycles. The van der Waals surface area contributed by atoms with Crippen LogP contribution in [0.5, 0.6) is 0 Å². The van der Waals surface area contributed by atoms with Gasteiger partial charge in [-0.2, -0.15) is 0 Å². The average Bonchev–Trinajstić information content (AvgIpc) is 3.20. The first-order valence-corrected chi connectivity index (χ1v) is 10.5. The highest BCUT2D eigenvalue weighted by Crippen LogP contribution is 2.26. The number of anilines is 1. The largest absolute Gasteiger partial charge is 0.340 e. The summed E-state index contributed by atoms with van der Waals surface area (Å²) in [7, 11) is 0. The van der Waals surface area contributed by atoms with E-state index in [0.717, 1.165) is 21.7 Å². The number of carbonyl (C=O) groups excluding carboxylic acids is 2. The Kier molecular flexibility index (Phi) is 7.08. The molecule has 30 heavy (non-hydrogen) atoms. The quantitative estimate of drug-likeness (QED) is 0.558. The monoisotopic (exact) mass is 420 g/mol. The second kappa shape index (κ2) is 9.93. The van der Waals surface area contributed by atoms with Crippen LogP contribution in [-0.2, 0) is 9.59 Å². The lowest BCUT2D eigenvalue weighted by atomic mass is 10.0. The summed E-state index contributed by atoms with van der Waals surface area (Å²) in [5.41, 5.74) is 3.02. The number of hydrogen-bond acceptors (Lipinski definition) is 5. The number of hydrogen-bond donors (Lipinski definition) is 2. The second-order valence-corrected chi connectivity index (χ2v) is 8.22. The SMILES string of the molecule is Cc1ccc(-c2nnc(NC(=O)C(NC(=O)/C=C/c3ccccc3)C(C)C)s2)cc1. The molecule has 0 bridgehead atoms. The van der Waals surface area contributed by atoms with E-state index in [1.54, 1.807) is 6.08 Å². The highest BCUT2D eigenvalue weighted by atomic mass is 32.1. The number of benzene rings is 2. The fourth-order valence-electron chi connectivity index (χ4n) is 2.74. The molecule has 0 fully saturated rings. The van der Waals surface area contributed by atoms with Gasteiger partial charge in [0.25, 0.3) is 0 Å². The third kappa shape index (κ3) is 5.84. The Labute approximate surface area is 180 Å². The first-order chi connectivity index (χ1) is 14.4. The van der Waals surface area contributed by atoms with Gasteiger partial charge in [-0.25, -0.2) is 0 Å². The van der Waals surface area contributed by atoms with Gasteiger partial charge < -0.3 is 5.32 Å². The van der Waals surface area contributed by atoms with Crippen molar-refractivity contribution in [2.24, 2.45) is 5.92 Å². The van der Waals surface area contributed by atoms with Crippen molar-refractivity contribution in [2.45, 2.75) is 26.8 Å². The van der Waals surface area contributed by atoms with Gasteiger partial charge in [-0.1, -0.05) is 85.3 Å². The standard InChI is InChI=1S/C23H24N4O2S/c1-15(2)20(24-19(28)14-11-17-7-5-4-6-8-17)21(29)25-23-27-26-22(30-23)18-12-9-16(3)10-13-18/h4-15,20H,1-3H3,(H,24,28)(H,25,27,29)/b14-11+. The van der Waals surface area contributed by atoms with Gasteiger partial charge in [0, 0.05) is 11.6 Å². The molecule has 154 valence electrons. The van der Waals surface area contributed by atoms with Gasteiger partial charge in [-0.3, -0.25) is 14.9 Å². The van der Waals surface area contributed by atoms with E-state index in [2.05, 4.69) is 20.8 Å². The maximum absolute atomic E-state index is 12.7. The molecule has 0 spiro atoms. The lowest BCUT2D eigenvalue weighted by Gasteiger charge is -2.20. The Morgan fingerprint density at radius 3 is 2.37 bits per heavy atom. The van der Waals surface area contributed by atoms with Gasteiger partial charge in [0.05, 0.1) is 0 Å². The van der Waals surface area contributed by atoms with Crippen molar-refractivity contribution in [3.8, 4) is 10.6 Å². The van der Waals surface area contributed by atoms with Crippen LogP contribution in [0.3, 0.4) is 0 Å². The topological polar surface area (TPSA) is 84.0 Å². The second-order valence-electron chi connectivity index (χ2n) is 7.24. The number of aryl methyl sites for hydroxylation is 1. The van der Waals surface area contributed by atoms with Crippen LogP contribution in [0.15, 0.2) is 60.7 Å². The van der Waals surface area contributed by atoms with Crippen molar-refractivity contribution in [2.75, 3.05) is 5.32 Å². The van der Waals surface area contributed by atoms with Crippen LogP contribution in [0, 0.1) is 12.8 Å². The van der Waals surface area contributed by atoms with Gasteiger partial charge in [-0.15, -0.1) is 10.2 Å². The summed E-state index contributed by atoms with van der Waals surface area (Å²) in [6.45, 7) is 5.78. The summed E-state index contributed by atoms with van der Waals surface area (Å²) in [6.07, 6.45) is 3.14. The molecular formula is C23H24N4O2S. The fraction of sp³-hybridized carbons (Fsp3) is 0.217. The van der Waals surface area contributed by atoms with E-state index in [1.807, 2.05) is 75.4 Å². The summed E-state index contributed by atoms with van der Waals surface area (Å²) >= 11 is 1.29. The Hall–Kier alpha value is -3.32. The van der Waals surface area contributed by atoms with E-state index in [0.29, 0.717) is 5.13 Å².